The highest BCUT2D eigenvalue weighted by Crippen LogP contribution is 2.25. The Morgan fingerprint density at radius 3 is 2.57 bits per heavy atom. The Labute approximate surface area is 137 Å². The zero-order chi connectivity index (χ0) is 16.2. The molecule has 0 radical (unpaired) electrons. The van der Waals surface area contributed by atoms with Gasteiger partial charge in [-0.1, -0.05) is 48.5 Å². The number of nitrogens with zero attached hydrogens (tertiary/aromatic N) is 1. The number of aryl methyl sites for hydroxylation is 1. The number of hydrogen-bond acceptors (Lipinski definition) is 1. The summed E-state index contributed by atoms with van der Waals surface area (Å²) in [4.78, 5) is 0. The normalized spacial score (nSPS) is 12.0. The highest BCUT2D eigenvalue weighted by atomic mass is 16.3. The van der Waals surface area contributed by atoms with Crippen molar-refractivity contribution in [2.24, 2.45) is 0 Å². The van der Waals surface area contributed by atoms with E-state index in [2.05, 4.69) is 35.4 Å². The number of rotatable bonds is 4. The van der Waals surface area contributed by atoms with Crippen molar-refractivity contribution in [2.75, 3.05) is 0 Å². The van der Waals surface area contributed by atoms with Crippen LogP contribution < -0.4 is 0 Å². The first kappa shape index (κ1) is 15.4. The van der Waals surface area contributed by atoms with Gasteiger partial charge in [0.15, 0.2) is 0 Å². The molecule has 0 aliphatic rings. The van der Waals surface area contributed by atoms with Crippen LogP contribution in [0.15, 0.2) is 72.5 Å². The monoisotopic (exact) mass is 303 g/mol. The SMILES string of the molecule is CCn1c(C(O)C=C=C(C)c2ccccc2)cc2ccccc21. The third kappa shape index (κ3) is 3.14. The molecule has 1 unspecified atom stereocenters. The van der Waals surface area contributed by atoms with Crippen LogP contribution in [0.2, 0.25) is 0 Å². The summed E-state index contributed by atoms with van der Waals surface area (Å²) in [6, 6.07) is 20.4. The van der Waals surface area contributed by atoms with E-state index in [4.69, 9.17) is 0 Å². The minimum absolute atomic E-state index is 0.666. The summed E-state index contributed by atoms with van der Waals surface area (Å²) in [6.45, 7) is 4.93. The van der Waals surface area contributed by atoms with E-state index >= 15 is 0 Å². The van der Waals surface area contributed by atoms with Crippen LogP contribution in [0.1, 0.15) is 31.2 Å². The molecule has 0 spiro atoms. The number of aliphatic hydroxyl groups excluding tert-OH is 1. The zero-order valence-electron chi connectivity index (χ0n) is 13.5. The standard InChI is InChI=1S/C21H21NO/c1-3-22-19-12-8-7-11-18(19)15-20(22)21(23)14-13-16(2)17-9-5-4-6-10-17/h4-12,14-15,21,23H,3H2,1-2H3. The van der Waals surface area contributed by atoms with Crippen LogP contribution >= 0.6 is 0 Å². The summed E-state index contributed by atoms with van der Waals surface area (Å²) in [5.41, 5.74) is 7.41. The van der Waals surface area contributed by atoms with E-state index in [0.717, 1.165) is 34.3 Å². The molecular formula is C21H21NO. The lowest BCUT2D eigenvalue weighted by molar-refractivity contribution is 0.219. The molecule has 23 heavy (non-hydrogen) atoms. The molecule has 0 aliphatic heterocycles. The minimum atomic E-state index is -0.666. The summed E-state index contributed by atoms with van der Waals surface area (Å²) in [5.74, 6) is 0. The molecule has 116 valence electrons. The maximum Gasteiger partial charge on any atom is 0.119 e. The maximum atomic E-state index is 10.6. The van der Waals surface area contributed by atoms with Crippen molar-refractivity contribution in [3.05, 3.63) is 83.7 Å². The lowest BCUT2D eigenvalue weighted by Crippen LogP contribution is -2.04. The predicted molar refractivity (Wildman–Crippen MR) is 96.2 cm³/mol. The van der Waals surface area contributed by atoms with E-state index in [-0.39, 0.29) is 0 Å². The zero-order valence-corrected chi connectivity index (χ0v) is 13.5. The molecular weight excluding hydrogens is 282 g/mol. The number of para-hydroxylation sites is 1. The fraction of sp³-hybridized carbons (Fsp3) is 0.190. The Kier molecular flexibility index (Phi) is 4.47. The van der Waals surface area contributed by atoms with Crippen molar-refractivity contribution in [2.45, 2.75) is 26.5 Å². The van der Waals surface area contributed by atoms with Gasteiger partial charge in [-0.25, -0.2) is 0 Å². The molecule has 1 atom stereocenters. The molecule has 2 nitrogen and oxygen atoms in total. The summed E-state index contributed by atoms with van der Waals surface area (Å²) in [6.07, 6.45) is 1.07. The minimum Gasteiger partial charge on any atom is -0.382 e. The van der Waals surface area contributed by atoms with Crippen LogP contribution in [-0.2, 0) is 6.54 Å². The number of hydrogen-bond donors (Lipinski definition) is 1. The molecule has 1 N–H and O–H groups in total. The first-order chi connectivity index (χ1) is 11.2. The molecule has 0 fully saturated rings. The smallest absolute Gasteiger partial charge is 0.119 e. The molecule has 0 bridgehead atoms. The molecule has 1 aromatic heterocycles. The average molecular weight is 303 g/mol. The Hall–Kier alpha value is -2.54. The van der Waals surface area contributed by atoms with Gasteiger partial charge in [0.2, 0.25) is 0 Å². The van der Waals surface area contributed by atoms with E-state index < -0.39 is 6.10 Å². The van der Waals surface area contributed by atoms with Gasteiger partial charge in [-0.15, -0.1) is 5.73 Å². The van der Waals surface area contributed by atoms with Crippen molar-refractivity contribution < 1.29 is 5.11 Å². The average Bonchev–Trinajstić information content (AvgIpc) is 2.98. The van der Waals surface area contributed by atoms with Crippen LogP contribution in [0.5, 0.6) is 0 Å². The quantitative estimate of drug-likeness (QED) is 0.678. The Bertz CT molecular complexity index is 867. The Morgan fingerprint density at radius 2 is 1.83 bits per heavy atom. The van der Waals surface area contributed by atoms with Gasteiger partial charge in [-0.3, -0.25) is 0 Å². The van der Waals surface area contributed by atoms with E-state index in [0.29, 0.717) is 0 Å². The first-order valence-electron chi connectivity index (χ1n) is 7.95. The van der Waals surface area contributed by atoms with Crippen molar-refractivity contribution in [1.29, 1.82) is 0 Å². The lowest BCUT2D eigenvalue weighted by Gasteiger charge is -2.10. The second-order valence-corrected chi connectivity index (χ2v) is 5.62. The summed E-state index contributed by atoms with van der Waals surface area (Å²) < 4.78 is 2.15. The molecule has 0 amide bonds. The Morgan fingerprint density at radius 1 is 1.13 bits per heavy atom. The molecule has 0 saturated carbocycles. The highest BCUT2D eigenvalue weighted by molar-refractivity contribution is 5.81. The van der Waals surface area contributed by atoms with Gasteiger partial charge in [-0.05, 0) is 48.6 Å². The number of aliphatic hydroxyl groups is 1. The van der Waals surface area contributed by atoms with Crippen LogP contribution in [0.25, 0.3) is 16.5 Å². The number of benzene rings is 2. The van der Waals surface area contributed by atoms with E-state index in [9.17, 15) is 5.11 Å². The molecule has 3 rings (SSSR count). The van der Waals surface area contributed by atoms with E-state index in [1.165, 1.54) is 0 Å². The van der Waals surface area contributed by atoms with E-state index in [1.807, 2.05) is 49.4 Å². The van der Waals surface area contributed by atoms with Gasteiger partial charge in [0.1, 0.15) is 6.10 Å². The first-order valence-corrected chi connectivity index (χ1v) is 7.95. The second-order valence-electron chi connectivity index (χ2n) is 5.62. The van der Waals surface area contributed by atoms with Gasteiger partial charge < -0.3 is 9.67 Å². The summed E-state index contributed by atoms with van der Waals surface area (Å²) in [5, 5.41) is 11.7. The van der Waals surface area contributed by atoms with Crippen molar-refractivity contribution in [1.82, 2.24) is 4.57 Å². The fourth-order valence-corrected chi connectivity index (χ4v) is 2.89. The van der Waals surface area contributed by atoms with E-state index in [1.54, 1.807) is 6.08 Å². The second kappa shape index (κ2) is 6.70. The van der Waals surface area contributed by atoms with Gasteiger partial charge in [0.25, 0.3) is 0 Å². The summed E-state index contributed by atoms with van der Waals surface area (Å²) >= 11 is 0. The van der Waals surface area contributed by atoms with Crippen LogP contribution in [0.4, 0.5) is 0 Å². The molecule has 1 heterocycles. The van der Waals surface area contributed by atoms with Gasteiger partial charge in [-0.2, -0.15) is 0 Å². The lowest BCUT2D eigenvalue weighted by atomic mass is 10.1. The van der Waals surface area contributed by atoms with Crippen molar-refractivity contribution in [3.63, 3.8) is 0 Å². The third-order valence-electron chi connectivity index (χ3n) is 4.13. The highest BCUT2D eigenvalue weighted by Gasteiger charge is 2.12. The number of fused-ring (bicyclic) bond motifs is 1. The molecule has 3 aromatic rings. The van der Waals surface area contributed by atoms with Crippen LogP contribution in [0, 0.1) is 0 Å². The molecule has 2 aromatic carbocycles. The van der Waals surface area contributed by atoms with Gasteiger partial charge >= 0.3 is 0 Å². The predicted octanol–water partition coefficient (Wildman–Crippen LogP) is 4.95. The number of aromatic nitrogens is 1. The topological polar surface area (TPSA) is 25.2 Å². The summed E-state index contributed by atoms with van der Waals surface area (Å²) in [7, 11) is 0. The fourth-order valence-electron chi connectivity index (χ4n) is 2.89. The Balaban J connectivity index is 1.97. The van der Waals surface area contributed by atoms with Crippen molar-refractivity contribution in [3.8, 4) is 0 Å². The molecule has 0 aliphatic carbocycles. The third-order valence-corrected chi connectivity index (χ3v) is 4.13. The molecule has 2 heteroatoms. The van der Waals surface area contributed by atoms with Crippen LogP contribution in [0.3, 0.4) is 0 Å². The van der Waals surface area contributed by atoms with Crippen molar-refractivity contribution >= 4 is 16.5 Å². The molecule has 0 saturated heterocycles. The van der Waals surface area contributed by atoms with Gasteiger partial charge in [0.05, 0.1) is 5.69 Å². The van der Waals surface area contributed by atoms with Crippen LogP contribution in [-0.4, -0.2) is 9.67 Å². The van der Waals surface area contributed by atoms with Gasteiger partial charge in [0, 0.05) is 12.1 Å². The maximum absolute atomic E-state index is 10.6. The largest absolute Gasteiger partial charge is 0.382 e.